The Bertz CT molecular complexity index is 1490. The van der Waals surface area contributed by atoms with Crippen LogP contribution >= 0.6 is 0 Å². The number of hydrogen-bond acceptors (Lipinski definition) is 5. The zero-order valence-corrected chi connectivity index (χ0v) is 19.9. The van der Waals surface area contributed by atoms with Gasteiger partial charge in [-0.15, -0.1) is 0 Å². The number of nitrogens with one attached hydrogen (secondary N) is 1. The SMILES string of the molecule is CONC(=O)c1c(-c2ccc(F)cc2)oc2cc(N(C)S(C)(=O)=O)c(-c3cccc(C)c3)cc12. The first kappa shape index (κ1) is 23.5. The topological polar surface area (TPSA) is 88.8 Å². The first-order valence-electron chi connectivity index (χ1n) is 10.3. The Labute approximate surface area is 196 Å². The molecule has 7 nitrogen and oxygen atoms in total. The van der Waals surface area contributed by atoms with Gasteiger partial charge in [0.2, 0.25) is 10.0 Å². The minimum atomic E-state index is -3.60. The van der Waals surface area contributed by atoms with Crippen molar-refractivity contribution in [2.75, 3.05) is 24.7 Å². The van der Waals surface area contributed by atoms with E-state index in [0.717, 1.165) is 17.4 Å². The quantitative estimate of drug-likeness (QED) is 0.395. The lowest BCUT2D eigenvalue weighted by Gasteiger charge is -2.21. The minimum Gasteiger partial charge on any atom is -0.455 e. The van der Waals surface area contributed by atoms with Crippen LogP contribution < -0.4 is 9.79 Å². The summed E-state index contributed by atoms with van der Waals surface area (Å²) >= 11 is 0. The number of hydrogen-bond donors (Lipinski definition) is 1. The third-order valence-electron chi connectivity index (χ3n) is 5.50. The van der Waals surface area contributed by atoms with Crippen LogP contribution in [0.2, 0.25) is 0 Å². The molecule has 0 unspecified atom stereocenters. The summed E-state index contributed by atoms with van der Waals surface area (Å²) in [6.07, 6.45) is 1.11. The van der Waals surface area contributed by atoms with E-state index in [0.29, 0.717) is 27.8 Å². The van der Waals surface area contributed by atoms with Gasteiger partial charge in [-0.25, -0.2) is 18.3 Å². The van der Waals surface area contributed by atoms with E-state index in [-0.39, 0.29) is 11.3 Å². The summed E-state index contributed by atoms with van der Waals surface area (Å²) in [7, 11) is -0.829. The van der Waals surface area contributed by atoms with Crippen LogP contribution in [0.25, 0.3) is 33.4 Å². The van der Waals surface area contributed by atoms with Gasteiger partial charge in [0, 0.05) is 29.6 Å². The van der Waals surface area contributed by atoms with Crippen molar-refractivity contribution in [1.29, 1.82) is 0 Å². The fourth-order valence-corrected chi connectivity index (χ4v) is 4.30. The number of furan rings is 1. The Morgan fingerprint density at radius 2 is 1.76 bits per heavy atom. The lowest BCUT2D eigenvalue weighted by atomic mass is 9.97. The molecule has 9 heteroatoms. The molecule has 0 atom stereocenters. The Hall–Kier alpha value is -3.69. The summed E-state index contributed by atoms with van der Waals surface area (Å²) in [5.41, 5.74) is 6.02. The molecule has 0 aliphatic heterocycles. The molecule has 34 heavy (non-hydrogen) atoms. The van der Waals surface area contributed by atoms with Gasteiger partial charge < -0.3 is 4.42 Å². The molecule has 1 heterocycles. The lowest BCUT2D eigenvalue weighted by Crippen LogP contribution is -2.25. The molecule has 3 aromatic carbocycles. The van der Waals surface area contributed by atoms with Gasteiger partial charge in [-0.3, -0.25) is 13.9 Å². The van der Waals surface area contributed by atoms with Crippen molar-refractivity contribution in [3.63, 3.8) is 0 Å². The fourth-order valence-electron chi connectivity index (χ4n) is 3.79. The average Bonchev–Trinajstić information content (AvgIpc) is 3.16. The summed E-state index contributed by atoms with van der Waals surface area (Å²) in [5, 5.41) is 0.455. The lowest BCUT2D eigenvalue weighted by molar-refractivity contribution is 0.0539. The molecule has 0 aliphatic carbocycles. The highest BCUT2D eigenvalue weighted by Crippen LogP contribution is 2.41. The number of halogens is 1. The molecular weight excluding hydrogens is 459 g/mol. The molecule has 0 saturated heterocycles. The summed E-state index contributed by atoms with van der Waals surface area (Å²) < 4.78 is 45.6. The Morgan fingerprint density at radius 1 is 1.06 bits per heavy atom. The van der Waals surface area contributed by atoms with Gasteiger partial charge in [0.1, 0.15) is 17.2 Å². The van der Waals surface area contributed by atoms with Crippen molar-refractivity contribution in [2.45, 2.75) is 6.92 Å². The van der Waals surface area contributed by atoms with Gasteiger partial charge in [-0.05, 0) is 42.8 Å². The fraction of sp³-hybridized carbons (Fsp3) is 0.160. The molecule has 1 amide bonds. The summed E-state index contributed by atoms with van der Waals surface area (Å²) in [6, 6.07) is 16.4. The highest BCUT2D eigenvalue weighted by Gasteiger charge is 2.26. The zero-order valence-electron chi connectivity index (χ0n) is 19.0. The molecular formula is C25H23FN2O5S. The van der Waals surface area contributed by atoms with E-state index in [9.17, 15) is 17.6 Å². The van der Waals surface area contributed by atoms with Gasteiger partial charge in [0.05, 0.1) is 24.6 Å². The van der Waals surface area contributed by atoms with Crippen molar-refractivity contribution >= 4 is 32.6 Å². The van der Waals surface area contributed by atoms with Gasteiger partial charge in [-0.1, -0.05) is 29.8 Å². The maximum absolute atomic E-state index is 13.5. The van der Waals surface area contributed by atoms with Crippen LogP contribution in [-0.4, -0.2) is 34.7 Å². The van der Waals surface area contributed by atoms with Gasteiger partial charge in [-0.2, -0.15) is 0 Å². The van der Waals surface area contributed by atoms with Crippen LogP contribution in [0.4, 0.5) is 10.1 Å². The summed E-state index contributed by atoms with van der Waals surface area (Å²) in [5.74, 6) is -0.777. The highest BCUT2D eigenvalue weighted by molar-refractivity contribution is 7.92. The van der Waals surface area contributed by atoms with Crippen molar-refractivity contribution < 1.29 is 26.9 Å². The number of nitrogens with zero attached hydrogens (tertiary/aromatic N) is 1. The molecule has 1 N–H and O–H groups in total. The maximum atomic E-state index is 13.5. The molecule has 0 saturated carbocycles. The first-order valence-corrected chi connectivity index (χ1v) is 12.2. The predicted molar refractivity (Wildman–Crippen MR) is 130 cm³/mol. The second-order valence-corrected chi connectivity index (χ2v) is 9.93. The van der Waals surface area contributed by atoms with Crippen LogP contribution in [0.5, 0.6) is 0 Å². The number of benzene rings is 3. The standard InChI is InChI=1S/C25H23FN2O5S/c1-15-6-5-7-17(12-15)19-13-20-22(14-21(19)28(2)34(4,30)31)33-24(23(20)25(29)27-32-3)16-8-10-18(26)11-9-16/h5-14H,1-4H3,(H,27,29). The van der Waals surface area contributed by atoms with Gasteiger partial charge in [0.15, 0.2) is 0 Å². The number of anilines is 1. The number of amides is 1. The minimum absolute atomic E-state index is 0.186. The van der Waals surface area contributed by atoms with Crippen LogP contribution in [0.15, 0.2) is 65.1 Å². The number of carbonyl (C=O) groups is 1. The van der Waals surface area contributed by atoms with E-state index in [2.05, 4.69) is 5.48 Å². The van der Waals surface area contributed by atoms with Gasteiger partial charge in [0.25, 0.3) is 5.91 Å². The van der Waals surface area contributed by atoms with E-state index < -0.39 is 21.7 Å². The number of fused-ring (bicyclic) bond motifs is 1. The number of carbonyl (C=O) groups excluding carboxylic acids is 1. The second-order valence-electron chi connectivity index (χ2n) is 7.91. The molecule has 0 radical (unpaired) electrons. The van der Waals surface area contributed by atoms with E-state index >= 15 is 0 Å². The predicted octanol–water partition coefficient (Wildman–Crippen LogP) is 4.90. The largest absolute Gasteiger partial charge is 0.455 e. The number of aryl methyl sites for hydroxylation is 1. The molecule has 0 fully saturated rings. The van der Waals surface area contributed by atoms with Crippen LogP contribution in [-0.2, 0) is 14.9 Å². The van der Waals surface area contributed by atoms with Crippen LogP contribution in [0.1, 0.15) is 15.9 Å². The molecule has 4 aromatic rings. The number of hydroxylamine groups is 1. The summed E-state index contributed by atoms with van der Waals surface area (Å²) in [4.78, 5) is 17.8. The van der Waals surface area contributed by atoms with Crippen molar-refractivity contribution in [3.8, 4) is 22.5 Å². The van der Waals surface area contributed by atoms with E-state index in [4.69, 9.17) is 9.25 Å². The highest BCUT2D eigenvalue weighted by atomic mass is 32.2. The van der Waals surface area contributed by atoms with Crippen LogP contribution in [0, 0.1) is 12.7 Å². The van der Waals surface area contributed by atoms with E-state index in [1.807, 2.05) is 31.2 Å². The average molecular weight is 483 g/mol. The first-order chi connectivity index (χ1) is 16.1. The maximum Gasteiger partial charge on any atom is 0.279 e. The van der Waals surface area contributed by atoms with Crippen molar-refractivity contribution in [1.82, 2.24) is 5.48 Å². The molecule has 0 aliphatic rings. The Morgan fingerprint density at radius 3 is 2.38 bits per heavy atom. The Kier molecular flexibility index (Phi) is 6.16. The third kappa shape index (κ3) is 4.40. The van der Waals surface area contributed by atoms with Crippen molar-refractivity contribution in [3.05, 3.63) is 77.6 Å². The Balaban J connectivity index is 2.08. The number of sulfonamides is 1. The van der Waals surface area contributed by atoms with Gasteiger partial charge >= 0.3 is 0 Å². The number of rotatable bonds is 6. The smallest absolute Gasteiger partial charge is 0.279 e. The van der Waals surface area contributed by atoms with E-state index in [1.54, 1.807) is 12.1 Å². The zero-order chi connectivity index (χ0) is 24.6. The van der Waals surface area contributed by atoms with E-state index in [1.165, 1.54) is 42.7 Å². The van der Waals surface area contributed by atoms with Crippen molar-refractivity contribution in [2.24, 2.45) is 0 Å². The molecule has 0 spiro atoms. The third-order valence-corrected chi connectivity index (χ3v) is 6.69. The molecule has 4 rings (SSSR count). The molecule has 0 bridgehead atoms. The molecule has 1 aromatic heterocycles. The second kappa shape index (κ2) is 8.92. The summed E-state index contributed by atoms with van der Waals surface area (Å²) in [6.45, 7) is 1.93. The normalized spacial score (nSPS) is 11.6. The monoisotopic (exact) mass is 482 g/mol. The van der Waals surface area contributed by atoms with Crippen LogP contribution in [0.3, 0.4) is 0 Å². The molecule has 176 valence electrons.